The first-order valence-electron chi connectivity index (χ1n) is 5.21. The summed E-state index contributed by atoms with van der Waals surface area (Å²) in [6.07, 6.45) is 1.54. The van der Waals surface area contributed by atoms with E-state index in [9.17, 15) is 4.79 Å². The molecular weight excluding hydrogens is 196 g/mol. The average Bonchev–Trinajstić information content (AvgIpc) is 2.76. The van der Waals surface area contributed by atoms with Crippen LogP contribution >= 0.6 is 0 Å². The van der Waals surface area contributed by atoms with Gasteiger partial charge in [-0.15, -0.1) is 0 Å². The second kappa shape index (κ2) is 4.06. The Labute approximate surface area is 88.3 Å². The lowest BCUT2D eigenvalue weighted by Crippen LogP contribution is -2.34. The van der Waals surface area contributed by atoms with Gasteiger partial charge in [-0.2, -0.15) is 0 Å². The van der Waals surface area contributed by atoms with Gasteiger partial charge in [-0.05, 0) is 13.0 Å². The predicted octanol–water partition coefficient (Wildman–Crippen LogP) is -0.325. The molecule has 1 atom stereocenters. The van der Waals surface area contributed by atoms with E-state index in [1.54, 1.807) is 4.90 Å². The number of hydrogen-bond donors (Lipinski definition) is 2. The number of fused-ring (bicyclic) bond motifs is 1. The minimum absolute atomic E-state index is 0.0482. The van der Waals surface area contributed by atoms with E-state index >= 15 is 0 Å². The first-order chi connectivity index (χ1) is 7.26. The minimum Gasteiger partial charge on any atom is -0.411 e. The highest BCUT2D eigenvalue weighted by Crippen LogP contribution is 2.24. The van der Waals surface area contributed by atoms with Crippen molar-refractivity contribution in [3.63, 3.8) is 0 Å². The Morgan fingerprint density at radius 3 is 3.00 bits per heavy atom. The number of hydrogen-bond acceptors (Lipinski definition) is 4. The van der Waals surface area contributed by atoms with Crippen molar-refractivity contribution in [2.45, 2.75) is 18.9 Å². The summed E-state index contributed by atoms with van der Waals surface area (Å²) in [6, 6.07) is 0.244. The van der Waals surface area contributed by atoms with Gasteiger partial charge in [0.05, 0.1) is 18.3 Å². The van der Waals surface area contributed by atoms with Crippen LogP contribution in [0, 0.1) is 0 Å². The summed E-state index contributed by atoms with van der Waals surface area (Å²) in [5.74, 6) is 0. The highest BCUT2D eigenvalue weighted by Gasteiger charge is 2.42. The molecule has 2 rings (SSSR count). The second-order valence-electron chi connectivity index (χ2n) is 4.02. The lowest BCUT2D eigenvalue weighted by atomic mass is 10.2. The van der Waals surface area contributed by atoms with Crippen molar-refractivity contribution in [3.8, 4) is 0 Å². The summed E-state index contributed by atoms with van der Waals surface area (Å²) >= 11 is 0. The number of nitrogens with zero attached hydrogens (tertiary/aromatic N) is 3. The lowest BCUT2D eigenvalue weighted by molar-refractivity contribution is 0.195. The van der Waals surface area contributed by atoms with Gasteiger partial charge >= 0.3 is 6.03 Å². The van der Waals surface area contributed by atoms with Gasteiger partial charge in [0.15, 0.2) is 0 Å². The molecule has 6 nitrogen and oxygen atoms in total. The molecule has 84 valence electrons. The zero-order valence-electron chi connectivity index (χ0n) is 8.59. The summed E-state index contributed by atoms with van der Waals surface area (Å²) in [5, 5.41) is 11.8. The highest BCUT2D eigenvalue weighted by molar-refractivity contribution is 5.94. The number of rotatable bonds is 3. The van der Waals surface area contributed by atoms with Crippen LogP contribution in [0.4, 0.5) is 4.79 Å². The van der Waals surface area contributed by atoms with E-state index in [0.717, 1.165) is 19.5 Å². The first-order valence-corrected chi connectivity index (χ1v) is 5.21. The lowest BCUT2D eigenvalue weighted by Gasteiger charge is -2.16. The third kappa shape index (κ3) is 1.77. The van der Waals surface area contributed by atoms with Crippen LogP contribution in [-0.2, 0) is 0 Å². The average molecular weight is 212 g/mol. The molecule has 6 heteroatoms. The van der Waals surface area contributed by atoms with Crippen LogP contribution in [0.5, 0.6) is 0 Å². The quantitative estimate of drug-likeness (QED) is 0.496. The number of amides is 2. The molecule has 0 radical (unpaired) electrons. The summed E-state index contributed by atoms with van der Waals surface area (Å²) in [4.78, 5) is 15.4. The van der Waals surface area contributed by atoms with Crippen molar-refractivity contribution < 1.29 is 10.0 Å². The largest absolute Gasteiger partial charge is 0.411 e. The van der Waals surface area contributed by atoms with Crippen LogP contribution < -0.4 is 5.73 Å². The second-order valence-corrected chi connectivity index (χ2v) is 4.02. The van der Waals surface area contributed by atoms with Gasteiger partial charge in [-0.25, -0.2) is 4.79 Å². The molecule has 3 N–H and O–H groups in total. The summed E-state index contributed by atoms with van der Waals surface area (Å²) < 4.78 is 0. The molecule has 2 saturated heterocycles. The molecule has 2 heterocycles. The minimum atomic E-state index is 0.0482. The van der Waals surface area contributed by atoms with Gasteiger partial charge < -0.3 is 20.7 Å². The van der Waals surface area contributed by atoms with Crippen molar-refractivity contribution in [1.82, 2.24) is 9.80 Å². The number of carbonyl (C=O) groups is 1. The van der Waals surface area contributed by atoms with Crippen LogP contribution in [-0.4, -0.2) is 59.0 Å². The van der Waals surface area contributed by atoms with Crippen LogP contribution in [0.1, 0.15) is 12.8 Å². The molecule has 2 aliphatic heterocycles. The Morgan fingerprint density at radius 1 is 1.60 bits per heavy atom. The van der Waals surface area contributed by atoms with E-state index in [4.69, 9.17) is 10.9 Å². The van der Waals surface area contributed by atoms with Crippen molar-refractivity contribution in [3.05, 3.63) is 0 Å². The third-order valence-corrected chi connectivity index (χ3v) is 2.99. The molecule has 0 bridgehead atoms. The summed E-state index contributed by atoms with van der Waals surface area (Å²) in [7, 11) is 0. The highest BCUT2D eigenvalue weighted by atomic mass is 16.4. The van der Waals surface area contributed by atoms with Crippen LogP contribution in [0.3, 0.4) is 0 Å². The molecule has 2 fully saturated rings. The number of nitrogens with two attached hydrogens (primary N) is 1. The monoisotopic (exact) mass is 212 g/mol. The Hall–Kier alpha value is -1.30. The maximum Gasteiger partial charge on any atom is 0.320 e. The van der Waals surface area contributed by atoms with Crippen molar-refractivity contribution in [2.24, 2.45) is 10.9 Å². The number of carbonyl (C=O) groups excluding carboxylic acids is 1. The number of oxime groups is 1. The number of urea groups is 1. The summed E-state index contributed by atoms with van der Waals surface area (Å²) in [6.45, 7) is 2.54. The smallest absolute Gasteiger partial charge is 0.320 e. The zero-order valence-corrected chi connectivity index (χ0v) is 8.59. The van der Waals surface area contributed by atoms with Crippen molar-refractivity contribution in [1.29, 1.82) is 0 Å². The standard InChI is InChI=1S/C9H16N4O2/c10-2-1-3-12-6-8-4-7(11-15)5-13(8)9(12)14/h8,15H,1-6,10H2/t8-/m0/s1. The van der Waals surface area contributed by atoms with Crippen molar-refractivity contribution >= 4 is 11.7 Å². The van der Waals surface area contributed by atoms with Crippen LogP contribution in [0.25, 0.3) is 0 Å². The molecule has 0 spiro atoms. The molecule has 0 aromatic carbocycles. The molecule has 0 aromatic rings. The van der Waals surface area contributed by atoms with E-state index < -0.39 is 0 Å². The van der Waals surface area contributed by atoms with Gasteiger partial charge in [0.25, 0.3) is 0 Å². The normalized spacial score (nSPS) is 27.9. The molecule has 2 amide bonds. The van der Waals surface area contributed by atoms with Gasteiger partial charge in [-0.3, -0.25) is 0 Å². The van der Waals surface area contributed by atoms with E-state index in [2.05, 4.69) is 5.16 Å². The Kier molecular flexibility index (Phi) is 2.77. The Balaban J connectivity index is 1.96. The van der Waals surface area contributed by atoms with Gasteiger partial charge in [-0.1, -0.05) is 5.16 Å². The van der Waals surface area contributed by atoms with E-state index in [1.165, 1.54) is 0 Å². The maximum atomic E-state index is 11.8. The fourth-order valence-corrected chi connectivity index (χ4v) is 2.22. The fraction of sp³-hybridized carbons (Fsp3) is 0.778. The Morgan fingerprint density at radius 2 is 2.40 bits per heavy atom. The first kappa shape index (κ1) is 10.2. The van der Waals surface area contributed by atoms with Crippen molar-refractivity contribution in [2.75, 3.05) is 26.2 Å². The Bertz CT molecular complexity index is 292. The molecular formula is C9H16N4O2. The SMILES string of the molecule is NCCCN1C[C@@H]2CC(=NO)CN2C1=O. The van der Waals surface area contributed by atoms with Gasteiger partial charge in [0.1, 0.15) is 0 Å². The van der Waals surface area contributed by atoms with Gasteiger partial charge in [0.2, 0.25) is 0 Å². The predicted molar refractivity (Wildman–Crippen MR) is 55.0 cm³/mol. The van der Waals surface area contributed by atoms with E-state index in [1.807, 2.05) is 4.90 Å². The fourth-order valence-electron chi connectivity index (χ4n) is 2.22. The summed E-state index contributed by atoms with van der Waals surface area (Å²) in [5.41, 5.74) is 6.11. The molecule has 2 aliphatic rings. The van der Waals surface area contributed by atoms with Crippen LogP contribution in [0.2, 0.25) is 0 Å². The van der Waals surface area contributed by atoms with E-state index in [-0.39, 0.29) is 12.1 Å². The van der Waals surface area contributed by atoms with Crippen LogP contribution in [0.15, 0.2) is 5.16 Å². The molecule has 15 heavy (non-hydrogen) atoms. The zero-order chi connectivity index (χ0) is 10.8. The van der Waals surface area contributed by atoms with E-state index in [0.29, 0.717) is 25.2 Å². The third-order valence-electron chi connectivity index (χ3n) is 2.99. The molecule has 0 aromatic heterocycles. The molecule has 0 saturated carbocycles. The topological polar surface area (TPSA) is 82.2 Å². The molecule has 0 aliphatic carbocycles. The molecule has 0 unspecified atom stereocenters. The van der Waals surface area contributed by atoms with Gasteiger partial charge in [0, 0.05) is 19.5 Å². The maximum absolute atomic E-state index is 11.8.